The maximum absolute atomic E-state index is 11.0. The van der Waals surface area contributed by atoms with Crippen LogP contribution in [0.5, 0.6) is 5.75 Å². The first-order chi connectivity index (χ1) is 9.81. The Kier molecular flexibility index (Phi) is 3.52. The summed E-state index contributed by atoms with van der Waals surface area (Å²) in [6.07, 6.45) is 0.833. The third-order valence-electron chi connectivity index (χ3n) is 3.15. The fourth-order valence-electron chi connectivity index (χ4n) is 2.19. The van der Waals surface area contributed by atoms with E-state index in [0.29, 0.717) is 17.9 Å². The molecule has 0 saturated heterocycles. The van der Waals surface area contributed by atoms with E-state index in [1.54, 1.807) is 11.3 Å². The third kappa shape index (κ3) is 2.32. The molecule has 0 spiro atoms. The van der Waals surface area contributed by atoms with E-state index < -0.39 is 0 Å². The van der Waals surface area contributed by atoms with Gasteiger partial charge in [0.2, 0.25) is 0 Å². The van der Waals surface area contributed by atoms with Crippen LogP contribution in [0.15, 0.2) is 48.5 Å². The number of fused-ring (bicyclic) bond motifs is 1. The van der Waals surface area contributed by atoms with Gasteiger partial charge in [-0.15, -0.1) is 11.3 Å². The van der Waals surface area contributed by atoms with Crippen molar-refractivity contribution in [3.05, 3.63) is 54.1 Å². The smallest absolute Gasteiger partial charge is 0.153 e. The lowest BCUT2D eigenvalue weighted by Gasteiger charge is -2.07. The molecule has 3 heteroatoms. The molecule has 20 heavy (non-hydrogen) atoms. The van der Waals surface area contributed by atoms with Crippen LogP contribution in [0.4, 0.5) is 0 Å². The third-order valence-corrected chi connectivity index (χ3v) is 4.32. The molecule has 1 aromatic heterocycles. The second kappa shape index (κ2) is 5.47. The van der Waals surface area contributed by atoms with Crippen molar-refractivity contribution in [2.45, 2.75) is 6.92 Å². The minimum absolute atomic E-state index is 0.552. The van der Waals surface area contributed by atoms with Crippen LogP contribution < -0.4 is 4.74 Å². The topological polar surface area (TPSA) is 26.3 Å². The number of benzene rings is 2. The summed E-state index contributed by atoms with van der Waals surface area (Å²) in [5.74, 6) is 0.650. The Morgan fingerprint density at radius 2 is 2.00 bits per heavy atom. The average Bonchev–Trinajstić information content (AvgIpc) is 2.91. The molecule has 0 aliphatic heterocycles. The summed E-state index contributed by atoms with van der Waals surface area (Å²) in [4.78, 5) is 12.2. The zero-order valence-corrected chi connectivity index (χ0v) is 11.9. The highest BCUT2D eigenvalue weighted by molar-refractivity contribution is 7.22. The molecule has 100 valence electrons. The SMILES string of the molecule is CCOc1cc(-c2cc3ccccc3s2)ccc1C=O. The van der Waals surface area contributed by atoms with E-state index in [9.17, 15) is 4.79 Å². The molecule has 0 unspecified atom stereocenters. The summed E-state index contributed by atoms with van der Waals surface area (Å²) in [5.41, 5.74) is 1.68. The summed E-state index contributed by atoms with van der Waals surface area (Å²) >= 11 is 1.75. The lowest BCUT2D eigenvalue weighted by Crippen LogP contribution is -1.96. The number of carbonyl (C=O) groups excluding carboxylic acids is 1. The molecule has 0 aliphatic rings. The van der Waals surface area contributed by atoms with Crippen LogP contribution in [-0.2, 0) is 0 Å². The van der Waals surface area contributed by atoms with Gasteiger partial charge in [0.05, 0.1) is 12.2 Å². The minimum atomic E-state index is 0.552. The molecule has 0 bridgehead atoms. The number of carbonyl (C=O) groups is 1. The first-order valence-electron chi connectivity index (χ1n) is 6.53. The summed E-state index contributed by atoms with van der Waals surface area (Å²) in [6.45, 7) is 2.47. The second-order valence-electron chi connectivity index (χ2n) is 4.45. The van der Waals surface area contributed by atoms with E-state index in [-0.39, 0.29) is 0 Å². The number of hydrogen-bond donors (Lipinski definition) is 0. The second-order valence-corrected chi connectivity index (χ2v) is 5.54. The van der Waals surface area contributed by atoms with Gasteiger partial charge in [-0.3, -0.25) is 4.79 Å². The molecular formula is C17H14O2S. The van der Waals surface area contributed by atoms with E-state index >= 15 is 0 Å². The van der Waals surface area contributed by atoms with Crippen LogP contribution >= 0.6 is 11.3 Å². The Bertz CT molecular complexity index is 726. The van der Waals surface area contributed by atoms with Gasteiger partial charge in [0.1, 0.15) is 5.75 Å². The number of rotatable bonds is 4. The maximum Gasteiger partial charge on any atom is 0.153 e. The van der Waals surface area contributed by atoms with Gasteiger partial charge in [-0.1, -0.05) is 24.3 Å². The van der Waals surface area contributed by atoms with Crippen LogP contribution in [0, 0.1) is 0 Å². The first-order valence-corrected chi connectivity index (χ1v) is 7.34. The average molecular weight is 282 g/mol. The van der Waals surface area contributed by atoms with Gasteiger partial charge in [-0.2, -0.15) is 0 Å². The molecule has 3 rings (SSSR count). The molecule has 3 aromatic rings. The molecule has 2 nitrogen and oxygen atoms in total. The fourth-order valence-corrected chi connectivity index (χ4v) is 3.25. The standard InChI is InChI=1S/C17H14O2S/c1-2-19-15-9-13(7-8-14(15)11-18)17-10-12-5-3-4-6-16(12)20-17/h3-11H,2H2,1H3. The minimum Gasteiger partial charge on any atom is -0.493 e. The molecule has 0 saturated carbocycles. The Labute approximate surface area is 121 Å². The van der Waals surface area contributed by atoms with E-state index in [1.807, 2.05) is 37.3 Å². The number of ether oxygens (including phenoxy) is 1. The normalized spacial score (nSPS) is 10.7. The van der Waals surface area contributed by atoms with E-state index in [4.69, 9.17) is 4.74 Å². The van der Waals surface area contributed by atoms with Crippen LogP contribution in [0.25, 0.3) is 20.5 Å². The fraction of sp³-hybridized carbons (Fsp3) is 0.118. The van der Waals surface area contributed by atoms with Crippen molar-refractivity contribution in [1.82, 2.24) is 0 Å². The number of thiophene rings is 1. The van der Waals surface area contributed by atoms with E-state index in [2.05, 4.69) is 18.2 Å². The first kappa shape index (κ1) is 12.9. The monoisotopic (exact) mass is 282 g/mol. The van der Waals surface area contributed by atoms with Crippen LogP contribution in [0.3, 0.4) is 0 Å². The Balaban J connectivity index is 2.09. The highest BCUT2D eigenvalue weighted by Gasteiger charge is 2.08. The summed E-state index contributed by atoms with van der Waals surface area (Å²) in [7, 11) is 0. The lowest BCUT2D eigenvalue weighted by molar-refractivity contribution is 0.112. The van der Waals surface area contributed by atoms with Gasteiger partial charge < -0.3 is 4.74 Å². The largest absolute Gasteiger partial charge is 0.493 e. The number of hydrogen-bond acceptors (Lipinski definition) is 3. The van der Waals surface area contributed by atoms with Crippen molar-refractivity contribution in [3.8, 4) is 16.2 Å². The molecule has 0 atom stereocenters. The molecule has 0 aliphatic carbocycles. The van der Waals surface area contributed by atoms with E-state index in [0.717, 1.165) is 11.8 Å². The molecule has 0 fully saturated rings. The highest BCUT2D eigenvalue weighted by atomic mass is 32.1. The van der Waals surface area contributed by atoms with Crippen LogP contribution in [-0.4, -0.2) is 12.9 Å². The highest BCUT2D eigenvalue weighted by Crippen LogP contribution is 2.35. The van der Waals surface area contributed by atoms with Crippen LogP contribution in [0.2, 0.25) is 0 Å². The summed E-state index contributed by atoms with van der Waals surface area (Å²) in [6, 6.07) is 16.2. The zero-order valence-electron chi connectivity index (χ0n) is 11.1. The van der Waals surface area contributed by atoms with Crippen molar-refractivity contribution in [2.75, 3.05) is 6.61 Å². The van der Waals surface area contributed by atoms with Gasteiger partial charge in [-0.05, 0) is 42.1 Å². The lowest BCUT2D eigenvalue weighted by atomic mass is 10.1. The predicted octanol–water partition coefficient (Wildman–Crippen LogP) is 4.78. The van der Waals surface area contributed by atoms with Crippen molar-refractivity contribution in [1.29, 1.82) is 0 Å². The zero-order chi connectivity index (χ0) is 13.9. The molecule has 2 aromatic carbocycles. The van der Waals surface area contributed by atoms with Gasteiger partial charge in [-0.25, -0.2) is 0 Å². The van der Waals surface area contributed by atoms with Crippen molar-refractivity contribution in [3.63, 3.8) is 0 Å². The predicted molar refractivity (Wildman–Crippen MR) is 83.8 cm³/mol. The van der Waals surface area contributed by atoms with Crippen molar-refractivity contribution < 1.29 is 9.53 Å². The molecule has 1 heterocycles. The molecule has 0 N–H and O–H groups in total. The van der Waals surface area contributed by atoms with E-state index in [1.165, 1.54) is 15.0 Å². The van der Waals surface area contributed by atoms with Crippen molar-refractivity contribution in [2.24, 2.45) is 0 Å². The molecule has 0 amide bonds. The Morgan fingerprint density at radius 1 is 1.15 bits per heavy atom. The van der Waals surface area contributed by atoms with Gasteiger partial charge in [0.15, 0.2) is 6.29 Å². The van der Waals surface area contributed by atoms with Crippen LogP contribution in [0.1, 0.15) is 17.3 Å². The maximum atomic E-state index is 11.0. The van der Waals surface area contributed by atoms with Gasteiger partial charge in [0, 0.05) is 9.58 Å². The number of aldehydes is 1. The summed E-state index contributed by atoms with van der Waals surface area (Å²) in [5, 5.41) is 1.24. The summed E-state index contributed by atoms with van der Waals surface area (Å²) < 4.78 is 6.80. The Morgan fingerprint density at radius 3 is 2.75 bits per heavy atom. The Hall–Kier alpha value is -2.13. The molecule has 0 radical (unpaired) electrons. The van der Waals surface area contributed by atoms with Gasteiger partial charge in [0.25, 0.3) is 0 Å². The van der Waals surface area contributed by atoms with Gasteiger partial charge >= 0.3 is 0 Å². The molecular weight excluding hydrogens is 268 g/mol. The van der Waals surface area contributed by atoms with Crippen molar-refractivity contribution >= 4 is 27.7 Å². The quantitative estimate of drug-likeness (QED) is 0.644.